The number of amides is 2. The van der Waals surface area contributed by atoms with Gasteiger partial charge >= 0.3 is 6.03 Å². The molecule has 8 nitrogen and oxygen atoms in total. The van der Waals surface area contributed by atoms with E-state index >= 15 is 0 Å². The maximum Gasteiger partial charge on any atom is 0.327 e. The smallest absolute Gasteiger partial charge is 0.327 e. The van der Waals surface area contributed by atoms with Crippen LogP contribution in [0.5, 0.6) is 0 Å². The highest BCUT2D eigenvalue weighted by Gasteiger charge is 2.19. The summed E-state index contributed by atoms with van der Waals surface area (Å²) in [5, 5.41) is 6.31. The molecular weight excluding hydrogens is 438 g/mol. The number of rotatable bonds is 6. The van der Waals surface area contributed by atoms with Crippen molar-refractivity contribution in [2.45, 2.75) is 33.7 Å². The van der Waals surface area contributed by atoms with E-state index < -0.39 is 0 Å². The van der Waals surface area contributed by atoms with Crippen LogP contribution >= 0.6 is 0 Å². The summed E-state index contributed by atoms with van der Waals surface area (Å²) in [6.45, 7) is 12.7. The number of aryl methyl sites for hydroxylation is 2. The number of para-hydroxylation sites is 1. The highest BCUT2D eigenvalue weighted by molar-refractivity contribution is 6.01. The lowest BCUT2D eigenvalue weighted by Crippen LogP contribution is -2.48. The maximum absolute atomic E-state index is 12.9. The Morgan fingerprint density at radius 2 is 1.63 bits per heavy atom. The molecule has 0 bridgehead atoms. The van der Waals surface area contributed by atoms with Crippen molar-refractivity contribution >= 4 is 34.7 Å². The van der Waals surface area contributed by atoms with Gasteiger partial charge in [-0.2, -0.15) is 0 Å². The third-order valence-corrected chi connectivity index (χ3v) is 6.56. The first-order valence-electron chi connectivity index (χ1n) is 12.1. The van der Waals surface area contributed by atoms with Crippen LogP contribution in [-0.2, 0) is 0 Å². The van der Waals surface area contributed by atoms with E-state index in [0.717, 1.165) is 48.7 Å². The summed E-state index contributed by atoms with van der Waals surface area (Å²) in [5.41, 5.74) is 5.01. The minimum atomic E-state index is -0.256. The zero-order valence-electron chi connectivity index (χ0n) is 21.2. The van der Waals surface area contributed by atoms with E-state index in [1.165, 1.54) is 16.9 Å². The Bertz CT molecular complexity index is 1130. The molecule has 0 atom stereocenters. The van der Waals surface area contributed by atoms with Crippen molar-refractivity contribution in [1.29, 1.82) is 0 Å². The van der Waals surface area contributed by atoms with Crippen LogP contribution in [0.15, 0.2) is 54.9 Å². The van der Waals surface area contributed by atoms with Gasteiger partial charge in [-0.3, -0.25) is 9.80 Å². The molecule has 8 heteroatoms. The molecule has 4 rings (SSSR count). The second-order valence-corrected chi connectivity index (χ2v) is 9.31. The van der Waals surface area contributed by atoms with Crippen LogP contribution in [0.25, 0.3) is 0 Å². The van der Waals surface area contributed by atoms with Crippen LogP contribution in [-0.4, -0.2) is 60.2 Å². The number of benzene rings is 2. The number of aromatic nitrogens is 2. The molecule has 0 aliphatic carbocycles. The minimum absolute atomic E-state index is 0.256. The molecule has 35 heavy (non-hydrogen) atoms. The zero-order valence-corrected chi connectivity index (χ0v) is 21.2. The maximum atomic E-state index is 12.9. The molecule has 0 spiro atoms. The van der Waals surface area contributed by atoms with Crippen molar-refractivity contribution in [2.75, 3.05) is 53.7 Å². The Morgan fingerprint density at radius 1 is 0.971 bits per heavy atom. The number of hydrogen-bond donors (Lipinski definition) is 2. The highest BCUT2D eigenvalue weighted by atomic mass is 16.2. The monoisotopic (exact) mass is 473 g/mol. The van der Waals surface area contributed by atoms with Gasteiger partial charge < -0.3 is 15.5 Å². The van der Waals surface area contributed by atoms with E-state index in [4.69, 9.17) is 0 Å². The van der Waals surface area contributed by atoms with Gasteiger partial charge in [0.25, 0.3) is 0 Å². The molecule has 2 N–H and O–H groups in total. The first-order valence-corrected chi connectivity index (χ1v) is 12.1. The third-order valence-electron chi connectivity index (χ3n) is 6.56. The topological polar surface area (TPSA) is 76.6 Å². The van der Waals surface area contributed by atoms with Gasteiger partial charge in [-0.1, -0.05) is 18.2 Å². The van der Waals surface area contributed by atoms with Gasteiger partial charge in [-0.15, -0.1) is 0 Å². The Kier molecular flexibility index (Phi) is 7.51. The van der Waals surface area contributed by atoms with Gasteiger partial charge in [-0.25, -0.2) is 14.8 Å². The van der Waals surface area contributed by atoms with E-state index in [9.17, 15) is 4.79 Å². The Balaban J connectivity index is 1.39. The van der Waals surface area contributed by atoms with Crippen LogP contribution in [0.2, 0.25) is 0 Å². The van der Waals surface area contributed by atoms with E-state index in [0.29, 0.717) is 17.7 Å². The predicted octanol–water partition coefficient (Wildman–Crippen LogP) is 5.04. The third kappa shape index (κ3) is 5.89. The van der Waals surface area contributed by atoms with Crippen molar-refractivity contribution in [3.05, 3.63) is 66.0 Å². The molecule has 1 aromatic heterocycles. The molecule has 1 aliphatic heterocycles. The summed E-state index contributed by atoms with van der Waals surface area (Å²) in [5.74, 6) is 1.13. The molecule has 0 unspecified atom stereocenters. The average Bonchev–Trinajstić information content (AvgIpc) is 2.86. The Hall–Kier alpha value is -3.65. The van der Waals surface area contributed by atoms with Crippen molar-refractivity contribution in [2.24, 2.45) is 0 Å². The van der Waals surface area contributed by atoms with Crippen LogP contribution < -0.4 is 20.4 Å². The molecule has 0 saturated carbocycles. The number of urea groups is 1. The number of hydrogen-bond acceptors (Lipinski definition) is 6. The lowest BCUT2D eigenvalue weighted by molar-refractivity contribution is 0.209. The summed E-state index contributed by atoms with van der Waals surface area (Å²) >= 11 is 0. The summed E-state index contributed by atoms with van der Waals surface area (Å²) in [6, 6.07) is 16.4. The molecule has 0 radical (unpaired) electrons. The summed E-state index contributed by atoms with van der Waals surface area (Å²) < 4.78 is 0. The van der Waals surface area contributed by atoms with E-state index in [1.807, 2.05) is 32.0 Å². The van der Waals surface area contributed by atoms with E-state index in [-0.39, 0.29) is 6.03 Å². The van der Waals surface area contributed by atoms with E-state index in [1.54, 1.807) is 13.1 Å². The van der Waals surface area contributed by atoms with E-state index in [2.05, 4.69) is 68.5 Å². The lowest BCUT2D eigenvalue weighted by atomic mass is 10.1. The number of piperazine rings is 1. The average molecular weight is 474 g/mol. The van der Waals surface area contributed by atoms with Gasteiger partial charge in [0, 0.05) is 62.4 Å². The van der Waals surface area contributed by atoms with Gasteiger partial charge in [0.2, 0.25) is 0 Å². The predicted molar refractivity (Wildman–Crippen MR) is 144 cm³/mol. The number of anilines is 5. The lowest BCUT2D eigenvalue weighted by Gasteiger charge is -2.38. The van der Waals surface area contributed by atoms with Crippen LogP contribution in [0, 0.1) is 13.8 Å². The van der Waals surface area contributed by atoms with Crippen molar-refractivity contribution in [3.8, 4) is 0 Å². The van der Waals surface area contributed by atoms with Gasteiger partial charge in [-0.05, 0) is 63.1 Å². The summed E-state index contributed by atoms with van der Waals surface area (Å²) in [6.07, 6.45) is 1.46. The fourth-order valence-electron chi connectivity index (χ4n) is 4.31. The molecule has 184 valence electrons. The number of nitrogens with one attached hydrogen (secondary N) is 2. The normalized spacial score (nSPS) is 14.2. The molecular formula is C27H35N7O. The second-order valence-electron chi connectivity index (χ2n) is 9.31. The summed E-state index contributed by atoms with van der Waals surface area (Å²) in [7, 11) is 1.70. The van der Waals surface area contributed by atoms with Gasteiger partial charge in [0.15, 0.2) is 0 Å². The standard InChI is InChI=1S/C27H35N7O/c1-19(2)33-13-15-34(16-14-33)23-11-9-22(10-12-23)30-24-17-25(29-18-28-24)32(5)27(35)31-26-20(3)7-6-8-21(26)4/h6-12,17-19H,13-16H2,1-5H3,(H,31,35)(H,28,29,30). The quantitative estimate of drug-likeness (QED) is 0.523. The molecule has 2 heterocycles. The van der Waals surface area contributed by atoms with Gasteiger partial charge in [0.1, 0.15) is 18.0 Å². The number of carbonyl (C=O) groups is 1. The number of nitrogens with zero attached hydrogens (tertiary/aromatic N) is 5. The highest BCUT2D eigenvalue weighted by Crippen LogP contribution is 2.24. The van der Waals surface area contributed by atoms with Crippen LogP contribution in [0.3, 0.4) is 0 Å². The van der Waals surface area contributed by atoms with Gasteiger partial charge in [0.05, 0.1) is 0 Å². The van der Waals surface area contributed by atoms with Crippen LogP contribution in [0.1, 0.15) is 25.0 Å². The molecule has 2 aromatic carbocycles. The SMILES string of the molecule is Cc1cccc(C)c1NC(=O)N(C)c1cc(Nc2ccc(N3CCN(C(C)C)CC3)cc2)ncn1. The number of carbonyl (C=O) groups excluding carboxylic acids is 1. The zero-order chi connectivity index (χ0) is 24.9. The summed E-state index contributed by atoms with van der Waals surface area (Å²) in [4.78, 5) is 27.9. The molecule has 2 amide bonds. The fraction of sp³-hybridized carbons (Fsp3) is 0.370. The molecule has 1 fully saturated rings. The second kappa shape index (κ2) is 10.7. The first kappa shape index (κ1) is 24.5. The molecule has 3 aromatic rings. The van der Waals surface area contributed by atoms with Crippen molar-refractivity contribution in [3.63, 3.8) is 0 Å². The van der Waals surface area contributed by atoms with Crippen molar-refractivity contribution in [1.82, 2.24) is 14.9 Å². The Morgan fingerprint density at radius 3 is 2.26 bits per heavy atom. The molecule has 1 saturated heterocycles. The van der Waals surface area contributed by atoms with Crippen molar-refractivity contribution < 1.29 is 4.79 Å². The first-order chi connectivity index (χ1) is 16.8. The fourth-order valence-corrected chi connectivity index (χ4v) is 4.31. The molecule has 1 aliphatic rings. The largest absolute Gasteiger partial charge is 0.369 e. The van der Waals surface area contributed by atoms with Crippen LogP contribution in [0.4, 0.5) is 33.5 Å². The Labute approximate surface area is 208 Å². The minimum Gasteiger partial charge on any atom is -0.369 e.